The zero-order chi connectivity index (χ0) is 10.3. The van der Waals surface area contributed by atoms with Crippen LogP contribution in [0.15, 0.2) is 12.2 Å². The summed E-state index contributed by atoms with van der Waals surface area (Å²) < 4.78 is 4.61. The van der Waals surface area contributed by atoms with Gasteiger partial charge in [-0.15, -0.1) is 0 Å². The van der Waals surface area contributed by atoms with Crippen LogP contribution in [-0.2, 0) is 14.3 Å². The molecule has 0 fully saturated rings. The van der Waals surface area contributed by atoms with Crippen molar-refractivity contribution in [3.8, 4) is 0 Å². The van der Waals surface area contributed by atoms with E-state index in [1.54, 1.807) is 6.08 Å². The SMILES string of the molecule is CC(=O)OCC/C=C\C(N)C(=O)O. The predicted octanol–water partition coefficient (Wildman–Crippen LogP) is -0.0923. The van der Waals surface area contributed by atoms with Crippen LogP contribution >= 0.6 is 0 Å². The van der Waals surface area contributed by atoms with Crippen LogP contribution in [0, 0.1) is 0 Å². The number of esters is 1. The lowest BCUT2D eigenvalue weighted by atomic mass is 10.2. The van der Waals surface area contributed by atoms with Gasteiger partial charge in [-0.1, -0.05) is 12.2 Å². The first kappa shape index (κ1) is 11.6. The summed E-state index contributed by atoms with van der Waals surface area (Å²) in [4.78, 5) is 20.5. The van der Waals surface area contributed by atoms with Gasteiger partial charge in [-0.3, -0.25) is 9.59 Å². The molecule has 0 aliphatic carbocycles. The Morgan fingerprint density at radius 2 is 2.23 bits per heavy atom. The molecular formula is C8H13NO4. The van der Waals surface area contributed by atoms with Crippen molar-refractivity contribution in [2.45, 2.75) is 19.4 Å². The number of hydrogen-bond acceptors (Lipinski definition) is 4. The van der Waals surface area contributed by atoms with Gasteiger partial charge in [0.1, 0.15) is 6.04 Å². The lowest BCUT2D eigenvalue weighted by Crippen LogP contribution is -2.27. The summed E-state index contributed by atoms with van der Waals surface area (Å²) in [6, 6.07) is -0.989. The molecule has 0 aromatic carbocycles. The minimum Gasteiger partial charge on any atom is -0.480 e. The molecule has 0 rings (SSSR count). The van der Waals surface area contributed by atoms with Crippen LogP contribution in [0.3, 0.4) is 0 Å². The summed E-state index contributed by atoms with van der Waals surface area (Å²) in [6.45, 7) is 1.56. The van der Waals surface area contributed by atoms with Crippen LogP contribution in [0.25, 0.3) is 0 Å². The maximum atomic E-state index is 10.3. The molecule has 1 atom stereocenters. The second-order valence-corrected chi connectivity index (χ2v) is 2.42. The fourth-order valence-electron chi connectivity index (χ4n) is 0.596. The van der Waals surface area contributed by atoms with Crippen molar-refractivity contribution in [2.24, 2.45) is 5.73 Å². The highest BCUT2D eigenvalue weighted by Gasteiger charge is 2.04. The molecule has 74 valence electrons. The first-order valence-corrected chi connectivity index (χ1v) is 3.82. The Kier molecular flexibility index (Phi) is 5.54. The number of rotatable bonds is 5. The van der Waals surface area contributed by atoms with Gasteiger partial charge in [-0.2, -0.15) is 0 Å². The first-order valence-electron chi connectivity index (χ1n) is 3.82. The highest BCUT2D eigenvalue weighted by Crippen LogP contribution is 1.89. The second-order valence-electron chi connectivity index (χ2n) is 2.42. The van der Waals surface area contributed by atoms with Crippen LogP contribution in [-0.4, -0.2) is 29.7 Å². The van der Waals surface area contributed by atoms with Gasteiger partial charge in [0.15, 0.2) is 0 Å². The highest BCUT2D eigenvalue weighted by molar-refractivity contribution is 5.75. The van der Waals surface area contributed by atoms with Gasteiger partial charge in [0.2, 0.25) is 0 Å². The summed E-state index contributed by atoms with van der Waals surface area (Å²) in [5, 5.41) is 8.37. The van der Waals surface area contributed by atoms with E-state index in [1.807, 2.05) is 0 Å². The van der Waals surface area contributed by atoms with Crippen molar-refractivity contribution in [2.75, 3.05) is 6.61 Å². The third kappa shape index (κ3) is 7.02. The maximum absolute atomic E-state index is 10.3. The van der Waals surface area contributed by atoms with Crippen molar-refractivity contribution >= 4 is 11.9 Å². The minimum atomic E-state index is -1.08. The molecule has 0 bridgehead atoms. The molecule has 5 nitrogen and oxygen atoms in total. The Morgan fingerprint density at radius 3 is 2.69 bits per heavy atom. The number of aliphatic carboxylic acids is 1. The molecular weight excluding hydrogens is 174 g/mol. The van der Waals surface area contributed by atoms with Gasteiger partial charge >= 0.3 is 11.9 Å². The quantitative estimate of drug-likeness (QED) is 0.356. The molecule has 0 saturated heterocycles. The number of ether oxygens (including phenoxy) is 1. The number of carbonyl (C=O) groups is 2. The smallest absolute Gasteiger partial charge is 0.324 e. The molecule has 0 radical (unpaired) electrons. The highest BCUT2D eigenvalue weighted by atomic mass is 16.5. The zero-order valence-electron chi connectivity index (χ0n) is 7.40. The summed E-state index contributed by atoms with van der Waals surface area (Å²) >= 11 is 0. The average Bonchev–Trinajstić information content (AvgIpc) is 2.02. The van der Waals surface area contributed by atoms with Crippen molar-refractivity contribution in [1.29, 1.82) is 0 Å². The van der Waals surface area contributed by atoms with Crippen molar-refractivity contribution in [1.82, 2.24) is 0 Å². The van der Waals surface area contributed by atoms with E-state index in [-0.39, 0.29) is 12.6 Å². The van der Waals surface area contributed by atoms with E-state index >= 15 is 0 Å². The average molecular weight is 187 g/mol. The van der Waals surface area contributed by atoms with E-state index < -0.39 is 12.0 Å². The molecule has 0 aliphatic rings. The summed E-state index contributed by atoms with van der Waals surface area (Å²) in [5.74, 6) is -1.43. The van der Waals surface area contributed by atoms with Gasteiger partial charge in [0.05, 0.1) is 6.61 Å². The maximum Gasteiger partial charge on any atom is 0.324 e. The molecule has 0 aliphatic heterocycles. The molecule has 0 heterocycles. The largest absolute Gasteiger partial charge is 0.480 e. The first-order chi connectivity index (χ1) is 6.04. The number of nitrogens with two attached hydrogens (primary N) is 1. The molecule has 0 saturated carbocycles. The van der Waals surface area contributed by atoms with E-state index in [1.165, 1.54) is 13.0 Å². The number of carboxylic acids is 1. The molecule has 1 unspecified atom stereocenters. The zero-order valence-corrected chi connectivity index (χ0v) is 7.40. The summed E-state index contributed by atoms with van der Waals surface area (Å²) in [5.41, 5.74) is 5.16. The van der Waals surface area contributed by atoms with Crippen LogP contribution in [0.4, 0.5) is 0 Å². The van der Waals surface area contributed by atoms with Gasteiger partial charge < -0.3 is 15.6 Å². The standard InChI is InChI=1S/C8H13NO4/c1-6(10)13-5-3-2-4-7(9)8(11)12/h2,4,7H,3,5,9H2,1H3,(H,11,12)/b4-2-. The lowest BCUT2D eigenvalue weighted by Gasteiger charge is -1.99. The molecule has 0 amide bonds. The van der Waals surface area contributed by atoms with E-state index in [0.717, 1.165) is 0 Å². The Hall–Kier alpha value is -1.36. The van der Waals surface area contributed by atoms with Gasteiger partial charge in [-0.05, 0) is 6.42 Å². The predicted molar refractivity (Wildman–Crippen MR) is 46.0 cm³/mol. The topological polar surface area (TPSA) is 89.6 Å². The van der Waals surface area contributed by atoms with Crippen LogP contribution < -0.4 is 5.73 Å². The van der Waals surface area contributed by atoms with E-state index in [9.17, 15) is 9.59 Å². The third-order valence-corrected chi connectivity index (χ3v) is 1.22. The Balaban J connectivity index is 3.52. The molecule has 3 N–H and O–H groups in total. The van der Waals surface area contributed by atoms with Gasteiger partial charge in [0.25, 0.3) is 0 Å². The minimum absolute atomic E-state index is 0.248. The van der Waals surface area contributed by atoms with Crippen LogP contribution in [0.5, 0.6) is 0 Å². The second kappa shape index (κ2) is 6.19. The fourth-order valence-corrected chi connectivity index (χ4v) is 0.596. The van der Waals surface area contributed by atoms with Crippen LogP contribution in [0.2, 0.25) is 0 Å². The lowest BCUT2D eigenvalue weighted by molar-refractivity contribution is -0.141. The summed E-state index contributed by atoms with van der Waals surface area (Å²) in [6.07, 6.45) is 3.40. The monoisotopic (exact) mass is 187 g/mol. The Labute approximate surface area is 76.2 Å². The summed E-state index contributed by atoms with van der Waals surface area (Å²) in [7, 11) is 0. The number of hydrogen-bond donors (Lipinski definition) is 2. The molecule has 0 aromatic rings. The number of carboxylic acid groups (broad SMARTS) is 1. The Morgan fingerprint density at radius 1 is 1.62 bits per heavy atom. The normalized spacial score (nSPS) is 12.8. The van der Waals surface area contributed by atoms with Gasteiger partial charge in [-0.25, -0.2) is 0 Å². The van der Waals surface area contributed by atoms with E-state index in [0.29, 0.717) is 6.42 Å². The van der Waals surface area contributed by atoms with Crippen molar-refractivity contribution in [3.05, 3.63) is 12.2 Å². The Bertz CT molecular complexity index is 212. The van der Waals surface area contributed by atoms with Crippen molar-refractivity contribution in [3.63, 3.8) is 0 Å². The van der Waals surface area contributed by atoms with E-state index in [2.05, 4.69) is 4.74 Å². The fraction of sp³-hybridized carbons (Fsp3) is 0.500. The third-order valence-electron chi connectivity index (χ3n) is 1.22. The molecule has 0 spiro atoms. The van der Waals surface area contributed by atoms with Crippen molar-refractivity contribution < 1.29 is 19.4 Å². The molecule has 13 heavy (non-hydrogen) atoms. The molecule has 5 heteroatoms. The molecule has 0 aromatic heterocycles. The van der Waals surface area contributed by atoms with E-state index in [4.69, 9.17) is 10.8 Å². The number of carbonyl (C=O) groups excluding carboxylic acids is 1. The van der Waals surface area contributed by atoms with Crippen LogP contribution in [0.1, 0.15) is 13.3 Å². The van der Waals surface area contributed by atoms with Gasteiger partial charge in [0, 0.05) is 6.92 Å².